The van der Waals surface area contributed by atoms with Gasteiger partial charge in [-0.2, -0.15) is 4.98 Å². The minimum atomic E-state index is 0.0959. The highest BCUT2D eigenvalue weighted by molar-refractivity contribution is 5.26. The summed E-state index contributed by atoms with van der Waals surface area (Å²) in [5.74, 6) is 0.621. The lowest BCUT2D eigenvalue weighted by Crippen LogP contribution is -2.06. The number of nitrogens with zero attached hydrogens (tertiary/aromatic N) is 3. The lowest BCUT2D eigenvalue weighted by Gasteiger charge is -2.10. The van der Waals surface area contributed by atoms with Gasteiger partial charge in [0.05, 0.1) is 6.04 Å². The molecule has 5 nitrogen and oxygen atoms in total. The number of rotatable bonds is 3. The molecule has 0 saturated carbocycles. The molecule has 2 aromatic heterocycles. The monoisotopic (exact) mass is 204 g/mol. The second kappa shape index (κ2) is 4.08. The lowest BCUT2D eigenvalue weighted by molar-refractivity contribution is 0.422. The van der Waals surface area contributed by atoms with Crippen molar-refractivity contribution in [2.45, 2.75) is 19.9 Å². The van der Waals surface area contributed by atoms with Crippen molar-refractivity contribution < 1.29 is 4.52 Å². The van der Waals surface area contributed by atoms with Gasteiger partial charge < -0.3 is 9.84 Å². The molecule has 2 rings (SSSR count). The molecule has 0 aromatic carbocycles. The van der Waals surface area contributed by atoms with Crippen molar-refractivity contribution >= 4 is 6.01 Å². The summed E-state index contributed by atoms with van der Waals surface area (Å²) in [6.07, 6.45) is 3.55. The van der Waals surface area contributed by atoms with Crippen LogP contribution < -0.4 is 5.32 Å². The molecule has 2 aromatic rings. The van der Waals surface area contributed by atoms with E-state index in [0.717, 1.165) is 5.56 Å². The second-order valence-corrected chi connectivity index (χ2v) is 3.30. The van der Waals surface area contributed by atoms with Crippen LogP contribution in [0.2, 0.25) is 0 Å². The molecule has 0 spiro atoms. The molecule has 0 amide bonds. The van der Waals surface area contributed by atoms with E-state index in [1.54, 1.807) is 19.3 Å². The highest BCUT2D eigenvalue weighted by atomic mass is 16.5. The first kappa shape index (κ1) is 9.64. The highest BCUT2D eigenvalue weighted by Crippen LogP contribution is 2.16. The van der Waals surface area contributed by atoms with Crippen molar-refractivity contribution in [2.75, 3.05) is 5.32 Å². The number of hydrogen-bond acceptors (Lipinski definition) is 5. The van der Waals surface area contributed by atoms with Crippen molar-refractivity contribution in [3.05, 3.63) is 35.9 Å². The van der Waals surface area contributed by atoms with Gasteiger partial charge in [0, 0.05) is 12.4 Å². The molecule has 1 atom stereocenters. The fourth-order valence-electron chi connectivity index (χ4n) is 1.26. The van der Waals surface area contributed by atoms with Crippen LogP contribution in [0.25, 0.3) is 0 Å². The Morgan fingerprint density at radius 3 is 2.93 bits per heavy atom. The molecule has 0 aliphatic carbocycles. The van der Waals surface area contributed by atoms with Crippen molar-refractivity contribution in [2.24, 2.45) is 0 Å². The smallest absolute Gasteiger partial charge is 0.321 e. The Labute approximate surface area is 87.5 Å². The predicted molar refractivity (Wildman–Crippen MR) is 55.3 cm³/mol. The molecule has 78 valence electrons. The molecule has 0 aliphatic heterocycles. The van der Waals surface area contributed by atoms with Gasteiger partial charge in [0.2, 0.25) is 0 Å². The Balaban J connectivity index is 2.07. The third kappa shape index (κ3) is 2.31. The minimum absolute atomic E-state index is 0.0959. The number of aryl methyl sites for hydroxylation is 1. The van der Waals surface area contributed by atoms with Gasteiger partial charge in [0.1, 0.15) is 0 Å². The zero-order chi connectivity index (χ0) is 10.7. The van der Waals surface area contributed by atoms with Crippen molar-refractivity contribution in [1.29, 1.82) is 0 Å². The van der Waals surface area contributed by atoms with Gasteiger partial charge in [-0.1, -0.05) is 11.2 Å². The Hall–Kier alpha value is -1.91. The average Bonchev–Trinajstić information content (AvgIpc) is 2.65. The van der Waals surface area contributed by atoms with Crippen LogP contribution in [0.5, 0.6) is 0 Å². The van der Waals surface area contributed by atoms with E-state index < -0.39 is 0 Å². The third-order valence-electron chi connectivity index (χ3n) is 2.05. The van der Waals surface area contributed by atoms with Crippen LogP contribution in [0.3, 0.4) is 0 Å². The summed E-state index contributed by atoms with van der Waals surface area (Å²) in [4.78, 5) is 8.11. The number of anilines is 1. The number of nitrogens with one attached hydrogen (secondary N) is 1. The Kier molecular flexibility index (Phi) is 2.62. The van der Waals surface area contributed by atoms with Crippen LogP contribution in [-0.4, -0.2) is 15.1 Å². The third-order valence-corrected chi connectivity index (χ3v) is 2.05. The summed E-state index contributed by atoms with van der Waals surface area (Å²) in [5, 5.41) is 6.80. The highest BCUT2D eigenvalue weighted by Gasteiger charge is 2.08. The molecule has 0 fully saturated rings. The first-order valence-corrected chi connectivity index (χ1v) is 4.72. The SMILES string of the molecule is Cc1noc(NC(C)c2cccnc2)n1. The standard InChI is InChI=1S/C10H12N4O/c1-7(9-4-3-5-11-6-9)12-10-13-8(2)14-15-10/h3-7H,1-2H3,(H,12,13,14). The maximum atomic E-state index is 4.96. The van der Waals surface area contributed by atoms with Crippen LogP contribution in [0.1, 0.15) is 24.4 Å². The molecule has 5 heteroatoms. The van der Waals surface area contributed by atoms with Gasteiger partial charge in [-0.25, -0.2) is 0 Å². The molecule has 1 unspecified atom stereocenters. The van der Waals surface area contributed by atoms with Gasteiger partial charge in [-0.3, -0.25) is 4.98 Å². The van der Waals surface area contributed by atoms with Gasteiger partial charge in [0.15, 0.2) is 5.82 Å². The van der Waals surface area contributed by atoms with E-state index in [1.807, 2.05) is 19.1 Å². The number of pyridine rings is 1. The van der Waals surface area contributed by atoms with Crippen LogP contribution in [0.4, 0.5) is 6.01 Å². The first-order valence-electron chi connectivity index (χ1n) is 4.72. The quantitative estimate of drug-likeness (QED) is 0.827. The summed E-state index contributed by atoms with van der Waals surface area (Å²) in [6.45, 7) is 3.79. The topological polar surface area (TPSA) is 63.8 Å². The van der Waals surface area contributed by atoms with Crippen molar-refractivity contribution in [1.82, 2.24) is 15.1 Å². The van der Waals surface area contributed by atoms with Crippen LogP contribution in [0.15, 0.2) is 29.0 Å². The summed E-state index contributed by atoms with van der Waals surface area (Å²) in [5.41, 5.74) is 1.08. The molecule has 0 bridgehead atoms. The fourth-order valence-corrected chi connectivity index (χ4v) is 1.26. The van der Waals surface area contributed by atoms with E-state index in [1.165, 1.54) is 0 Å². The Morgan fingerprint density at radius 2 is 2.33 bits per heavy atom. The minimum Gasteiger partial charge on any atom is -0.331 e. The predicted octanol–water partition coefficient (Wildman–Crippen LogP) is 1.95. The summed E-state index contributed by atoms with van der Waals surface area (Å²) >= 11 is 0. The van der Waals surface area contributed by atoms with E-state index in [-0.39, 0.29) is 6.04 Å². The number of aromatic nitrogens is 3. The van der Waals surface area contributed by atoms with Crippen molar-refractivity contribution in [3.63, 3.8) is 0 Å². The average molecular weight is 204 g/mol. The van der Waals surface area contributed by atoms with Gasteiger partial charge in [-0.15, -0.1) is 0 Å². The van der Waals surface area contributed by atoms with Crippen molar-refractivity contribution in [3.8, 4) is 0 Å². The normalized spacial score (nSPS) is 12.4. The Morgan fingerprint density at radius 1 is 1.47 bits per heavy atom. The van der Waals surface area contributed by atoms with Gasteiger partial charge in [0.25, 0.3) is 0 Å². The first-order chi connectivity index (χ1) is 7.25. The van der Waals surface area contributed by atoms with Crippen LogP contribution >= 0.6 is 0 Å². The maximum absolute atomic E-state index is 4.96. The molecule has 0 aliphatic rings. The zero-order valence-electron chi connectivity index (χ0n) is 8.64. The largest absolute Gasteiger partial charge is 0.331 e. The van der Waals surface area contributed by atoms with E-state index >= 15 is 0 Å². The van der Waals surface area contributed by atoms with E-state index in [9.17, 15) is 0 Å². The van der Waals surface area contributed by atoms with E-state index in [4.69, 9.17) is 4.52 Å². The van der Waals surface area contributed by atoms with Gasteiger partial charge >= 0.3 is 6.01 Å². The Bertz CT molecular complexity index is 426. The van der Waals surface area contributed by atoms with Crippen LogP contribution in [0, 0.1) is 6.92 Å². The molecule has 0 saturated heterocycles. The summed E-state index contributed by atoms with van der Waals surface area (Å²) in [7, 11) is 0. The molecular weight excluding hydrogens is 192 g/mol. The molecular formula is C10H12N4O. The molecule has 0 radical (unpaired) electrons. The molecule has 2 heterocycles. The van der Waals surface area contributed by atoms with E-state index in [0.29, 0.717) is 11.8 Å². The zero-order valence-corrected chi connectivity index (χ0v) is 8.64. The number of hydrogen-bond donors (Lipinski definition) is 1. The van der Waals surface area contributed by atoms with E-state index in [2.05, 4.69) is 20.4 Å². The molecule has 1 N–H and O–H groups in total. The fraction of sp³-hybridized carbons (Fsp3) is 0.300. The lowest BCUT2D eigenvalue weighted by atomic mass is 10.1. The van der Waals surface area contributed by atoms with Crippen LogP contribution in [-0.2, 0) is 0 Å². The maximum Gasteiger partial charge on any atom is 0.321 e. The second-order valence-electron chi connectivity index (χ2n) is 3.30. The molecule has 15 heavy (non-hydrogen) atoms. The summed E-state index contributed by atoms with van der Waals surface area (Å²) in [6, 6.07) is 4.42. The van der Waals surface area contributed by atoms with Gasteiger partial charge in [-0.05, 0) is 25.5 Å². The summed E-state index contributed by atoms with van der Waals surface area (Å²) < 4.78 is 4.96.